The number of aliphatic hydroxyl groups is 1. The van der Waals surface area contributed by atoms with Gasteiger partial charge in [0.15, 0.2) is 0 Å². The molecule has 0 rings (SSSR count). The molecule has 162 valence electrons. The molecule has 0 atom stereocenters. The van der Waals surface area contributed by atoms with Crippen molar-refractivity contribution in [3.05, 3.63) is 0 Å². The predicted molar refractivity (Wildman–Crippen MR) is 125 cm³/mol. The van der Waals surface area contributed by atoms with Crippen LogP contribution in [0.1, 0.15) is 142 Å². The van der Waals surface area contributed by atoms with Crippen molar-refractivity contribution in [3.8, 4) is 23.7 Å². The van der Waals surface area contributed by atoms with Crippen molar-refractivity contribution in [1.29, 1.82) is 0 Å². The molecular weight excluding hydrogens is 340 g/mol. The zero-order chi connectivity index (χ0) is 20.4. The van der Waals surface area contributed by atoms with E-state index in [-0.39, 0.29) is 0 Å². The minimum absolute atomic E-state index is 0.352. The van der Waals surface area contributed by atoms with Gasteiger partial charge in [0.05, 0.1) is 0 Å². The normalized spacial score (nSPS) is 10.2. The topological polar surface area (TPSA) is 20.2 Å². The first-order valence-corrected chi connectivity index (χ1v) is 12.5. The van der Waals surface area contributed by atoms with Crippen LogP contribution in [-0.2, 0) is 0 Å². The molecule has 0 heterocycles. The van der Waals surface area contributed by atoms with Crippen molar-refractivity contribution in [1.82, 2.24) is 0 Å². The van der Waals surface area contributed by atoms with Gasteiger partial charge in [0.2, 0.25) is 0 Å². The molecule has 0 saturated carbocycles. The van der Waals surface area contributed by atoms with Crippen LogP contribution in [0.2, 0.25) is 0 Å². The maximum Gasteiger partial charge on any atom is 0.0431 e. The van der Waals surface area contributed by atoms with Crippen molar-refractivity contribution in [2.75, 3.05) is 6.61 Å². The van der Waals surface area contributed by atoms with Gasteiger partial charge in [-0.15, -0.1) is 0 Å². The van der Waals surface area contributed by atoms with E-state index >= 15 is 0 Å². The van der Waals surface area contributed by atoms with Gasteiger partial charge in [-0.1, -0.05) is 121 Å². The lowest BCUT2D eigenvalue weighted by atomic mass is 10.1. The van der Waals surface area contributed by atoms with E-state index in [0.717, 1.165) is 19.3 Å². The monoisotopic (exact) mass is 388 g/mol. The van der Waals surface area contributed by atoms with Crippen molar-refractivity contribution >= 4 is 0 Å². The second-order valence-corrected chi connectivity index (χ2v) is 8.19. The molecule has 28 heavy (non-hydrogen) atoms. The Balaban J connectivity index is 3.21. The van der Waals surface area contributed by atoms with Gasteiger partial charge in [0.25, 0.3) is 0 Å². The average molecular weight is 389 g/mol. The molecule has 0 aliphatic heterocycles. The predicted octanol–water partition coefficient (Wildman–Crippen LogP) is 8.20. The molecule has 1 heteroatoms. The molecule has 0 aromatic rings. The third-order valence-corrected chi connectivity index (χ3v) is 5.35. The fourth-order valence-corrected chi connectivity index (χ4v) is 3.48. The summed E-state index contributed by atoms with van der Waals surface area (Å²) in [6.45, 7) is 2.63. The van der Waals surface area contributed by atoms with Crippen molar-refractivity contribution in [2.45, 2.75) is 142 Å². The summed E-state index contributed by atoms with van der Waals surface area (Å²) >= 11 is 0. The first-order chi connectivity index (χ1) is 13.9. The van der Waals surface area contributed by atoms with Gasteiger partial charge in [0.1, 0.15) is 0 Å². The fourth-order valence-electron chi connectivity index (χ4n) is 3.48. The molecule has 0 aliphatic carbocycles. The van der Waals surface area contributed by atoms with E-state index < -0.39 is 0 Å². The lowest BCUT2D eigenvalue weighted by molar-refractivity contribution is 0.282. The van der Waals surface area contributed by atoms with Crippen LogP contribution in [0.15, 0.2) is 0 Å². The number of unbranched alkanes of at least 4 members (excludes halogenated alkanes) is 19. The quantitative estimate of drug-likeness (QED) is 0.165. The second-order valence-electron chi connectivity index (χ2n) is 8.19. The van der Waals surface area contributed by atoms with Gasteiger partial charge in [-0.05, 0) is 31.1 Å². The lowest BCUT2D eigenvalue weighted by Gasteiger charge is -2.00. The van der Waals surface area contributed by atoms with E-state index in [1.165, 1.54) is 116 Å². The second kappa shape index (κ2) is 26.1. The van der Waals surface area contributed by atoms with Crippen LogP contribution in [0.3, 0.4) is 0 Å². The Morgan fingerprint density at radius 3 is 1.11 bits per heavy atom. The SMILES string of the molecule is CCCCCCCCCCCCC#CC#CCCCCCCCCCCCO. The summed E-state index contributed by atoms with van der Waals surface area (Å²) in [6, 6.07) is 0. The molecule has 0 bridgehead atoms. The minimum Gasteiger partial charge on any atom is -0.396 e. The van der Waals surface area contributed by atoms with Gasteiger partial charge in [-0.25, -0.2) is 0 Å². The van der Waals surface area contributed by atoms with Gasteiger partial charge in [-0.2, -0.15) is 0 Å². The smallest absolute Gasteiger partial charge is 0.0431 e. The Morgan fingerprint density at radius 1 is 0.429 bits per heavy atom. The summed E-state index contributed by atoms with van der Waals surface area (Å²) in [5, 5.41) is 8.72. The Bertz CT molecular complexity index is 363. The minimum atomic E-state index is 0.352. The number of rotatable bonds is 20. The van der Waals surface area contributed by atoms with Gasteiger partial charge >= 0.3 is 0 Å². The average Bonchev–Trinajstić information content (AvgIpc) is 2.71. The summed E-state index contributed by atoms with van der Waals surface area (Å²) < 4.78 is 0. The number of aliphatic hydroxyl groups excluding tert-OH is 1. The Labute approximate surface area is 177 Å². The van der Waals surface area contributed by atoms with E-state index in [9.17, 15) is 0 Å². The molecule has 0 fully saturated rings. The highest BCUT2D eigenvalue weighted by molar-refractivity contribution is 5.25. The zero-order valence-corrected chi connectivity index (χ0v) is 19.0. The van der Waals surface area contributed by atoms with Crippen LogP contribution in [0, 0.1) is 23.7 Å². The first kappa shape index (κ1) is 27.1. The third-order valence-electron chi connectivity index (χ3n) is 5.35. The lowest BCUT2D eigenvalue weighted by Crippen LogP contribution is -1.84. The maximum absolute atomic E-state index is 8.72. The summed E-state index contributed by atoms with van der Waals surface area (Å²) in [5.74, 6) is 12.5. The van der Waals surface area contributed by atoms with Crippen LogP contribution in [0.5, 0.6) is 0 Å². The molecule has 0 saturated heterocycles. The Morgan fingerprint density at radius 2 is 0.750 bits per heavy atom. The van der Waals surface area contributed by atoms with Crippen molar-refractivity contribution in [3.63, 3.8) is 0 Å². The highest BCUT2D eigenvalue weighted by Gasteiger charge is 1.93. The maximum atomic E-state index is 8.72. The Hall–Kier alpha value is -0.920. The van der Waals surface area contributed by atoms with Crippen LogP contribution in [0.25, 0.3) is 0 Å². The van der Waals surface area contributed by atoms with Crippen molar-refractivity contribution in [2.24, 2.45) is 0 Å². The molecule has 1 nitrogen and oxygen atoms in total. The fraction of sp³-hybridized carbons (Fsp3) is 0.852. The van der Waals surface area contributed by atoms with E-state index in [1.807, 2.05) is 0 Å². The summed E-state index contributed by atoms with van der Waals surface area (Å²) in [7, 11) is 0. The van der Waals surface area contributed by atoms with Crippen LogP contribution >= 0.6 is 0 Å². The van der Waals surface area contributed by atoms with E-state index in [2.05, 4.69) is 30.6 Å². The zero-order valence-electron chi connectivity index (χ0n) is 19.0. The highest BCUT2D eigenvalue weighted by Crippen LogP contribution is 2.11. The molecule has 0 aromatic heterocycles. The molecule has 0 unspecified atom stereocenters. The molecule has 0 aliphatic rings. The molecule has 1 N–H and O–H groups in total. The van der Waals surface area contributed by atoms with E-state index in [0.29, 0.717) is 6.61 Å². The molecule has 0 spiro atoms. The van der Waals surface area contributed by atoms with Crippen LogP contribution in [0.4, 0.5) is 0 Å². The Kier molecular flexibility index (Phi) is 25.2. The standard InChI is InChI=1S/C27H48O/c1-2-3-4-5-6-7-8-9-10-11-12-13-14-15-16-17-18-19-20-21-22-23-24-25-26-27-28/h28H,2-12,17-27H2,1H3. The summed E-state index contributed by atoms with van der Waals surface area (Å²) in [6.07, 6.45) is 27.2. The number of hydrogen-bond acceptors (Lipinski definition) is 1. The van der Waals surface area contributed by atoms with Gasteiger partial charge in [0, 0.05) is 19.4 Å². The molecular formula is C27H48O. The molecule has 0 aromatic carbocycles. The first-order valence-electron chi connectivity index (χ1n) is 12.5. The molecule has 0 radical (unpaired) electrons. The van der Waals surface area contributed by atoms with Gasteiger partial charge in [-0.3, -0.25) is 0 Å². The number of hydrogen-bond donors (Lipinski definition) is 1. The summed E-state index contributed by atoms with van der Waals surface area (Å²) in [4.78, 5) is 0. The van der Waals surface area contributed by atoms with Crippen LogP contribution < -0.4 is 0 Å². The van der Waals surface area contributed by atoms with Crippen LogP contribution in [-0.4, -0.2) is 11.7 Å². The van der Waals surface area contributed by atoms with Crippen molar-refractivity contribution < 1.29 is 5.11 Å². The van der Waals surface area contributed by atoms with E-state index in [1.54, 1.807) is 0 Å². The largest absolute Gasteiger partial charge is 0.396 e. The van der Waals surface area contributed by atoms with E-state index in [4.69, 9.17) is 5.11 Å². The third kappa shape index (κ3) is 25.1. The van der Waals surface area contributed by atoms with Gasteiger partial charge < -0.3 is 5.11 Å². The highest BCUT2D eigenvalue weighted by atomic mass is 16.2. The molecule has 0 amide bonds. The summed E-state index contributed by atoms with van der Waals surface area (Å²) in [5.41, 5.74) is 0.